The molecule has 1 amide bonds. The summed E-state index contributed by atoms with van der Waals surface area (Å²) >= 11 is 5.84. The smallest absolute Gasteiger partial charge is 0.253 e. The molecule has 1 aromatic carbocycles. The molecule has 82 valence electrons. The first-order valence-corrected chi connectivity index (χ1v) is 4.89. The van der Waals surface area contributed by atoms with Gasteiger partial charge in [0.25, 0.3) is 5.91 Å². The minimum absolute atomic E-state index is 0.119. The molecule has 0 fully saturated rings. The zero-order valence-electron chi connectivity index (χ0n) is 8.33. The van der Waals surface area contributed by atoms with Crippen molar-refractivity contribution in [2.75, 3.05) is 12.3 Å². The minimum atomic E-state index is -0.339. The van der Waals surface area contributed by atoms with Crippen LogP contribution in [0, 0.1) is 0 Å². The molecule has 0 bridgehead atoms. The fraction of sp³-hybridized carbons (Fsp3) is 0.300. The molecule has 1 aromatic rings. The molecule has 1 rings (SSSR count). The molecule has 1 atom stereocenters. The van der Waals surface area contributed by atoms with Crippen molar-refractivity contribution >= 4 is 23.2 Å². The second-order valence-electron chi connectivity index (χ2n) is 3.30. The van der Waals surface area contributed by atoms with Gasteiger partial charge in [0.15, 0.2) is 0 Å². The van der Waals surface area contributed by atoms with Crippen LogP contribution < -0.4 is 11.1 Å². The standard InChI is InChI=1S/C10H13ClN2O2/c1-6(5-14)13-10(15)8-4-7(12)2-3-9(8)11/h2-4,6,14H,5,12H2,1H3,(H,13,15)/t6-/m1/s1. The van der Waals surface area contributed by atoms with Crippen LogP contribution in [0.2, 0.25) is 5.02 Å². The van der Waals surface area contributed by atoms with E-state index in [2.05, 4.69) is 5.32 Å². The largest absolute Gasteiger partial charge is 0.399 e. The maximum Gasteiger partial charge on any atom is 0.253 e. The zero-order chi connectivity index (χ0) is 11.4. The third kappa shape index (κ3) is 3.11. The molecule has 0 aliphatic rings. The molecule has 4 nitrogen and oxygen atoms in total. The number of anilines is 1. The van der Waals surface area contributed by atoms with E-state index in [1.807, 2.05) is 0 Å². The van der Waals surface area contributed by atoms with Gasteiger partial charge in [-0.25, -0.2) is 0 Å². The molecule has 0 aliphatic heterocycles. The number of hydrogen-bond donors (Lipinski definition) is 3. The Morgan fingerprint density at radius 2 is 2.33 bits per heavy atom. The van der Waals surface area contributed by atoms with Crippen molar-refractivity contribution in [3.8, 4) is 0 Å². The molecule has 0 aromatic heterocycles. The third-order valence-electron chi connectivity index (χ3n) is 1.89. The van der Waals surface area contributed by atoms with Crippen LogP contribution in [0.15, 0.2) is 18.2 Å². The van der Waals surface area contributed by atoms with Gasteiger partial charge in [0.2, 0.25) is 0 Å². The highest BCUT2D eigenvalue weighted by atomic mass is 35.5. The average molecular weight is 229 g/mol. The van der Waals surface area contributed by atoms with Crippen LogP contribution in [0.5, 0.6) is 0 Å². The van der Waals surface area contributed by atoms with E-state index in [0.717, 1.165) is 0 Å². The van der Waals surface area contributed by atoms with E-state index in [9.17, 15) is 4.79 Å². The van der Waals surface area contributed by atoms with Gasteiger partial charge in [-0.3, -0.25) is 4.79 Å². The molecule has 0 heterocycles. The first-order chi connectivity index (χ1) is 7.04. The number of amides is 1. The summed E-state index contributed by atoms with van der Waals surface area (Å²) in [7, 11) is 0. The number of nitrogens with one attached hydrogen (secondary N) is 1. The minimum Gasteiger partial charge on any atom is -0.399 e. The van der Waals surface area contributed by atoms with Gasteiger partial charge < -0.3 is 16.2 Å². The maximum absolute atomic E-state index is 11.6. The van der Waals surface area contributed by atoms with Crippen LogP contribution >= 0.6 is 11.6 Å². The fourth-order valence-corrected chi connectivity index (χ4v) is 1.27. The van der Waals surface area contributed by atoms with Gasteiger partial charge in [-0.2, -0.15) is 0 Å². The lowest BCUT2D eigenvalue weighted by Crippen LogP contribution is -2.35. The van der Waals surface area contributed by atoms with Gasteiger partial charge in [0, 0.05) is 11.7 Å². The van der Waals surface area contributed by atoms with Crippen LogP contribution in [0.25, 0.3) is 0 Å². The molecular weight excluding hydrogens is 216 g/mol. The van der Waals surface area contributed by atoms with E-state index in [1.54, 1.807) is 19.1 Å². The summed E-state index contributed by atoms with van der Waals surface area (Å²) in [5, 5.41) is 11.7. The van der Waals surface area contributed by atoms with Crippen molar-refractivity contribution in [1.29, 1.82) is 0 Å². The van der Waals surface area contributed by atoms with Crippen molar-refractivity contribution in [2.45, 2.75) is 13.0 Å². The monoisotopic (exact) mass is 228 g/mol. The van der Waals surface area contributed by atoms with Crippen molar-refractivity contribution in [1.82, 2.24) is 5.32 Å². The number of rotatable bonds is 3. The maximum atomic E-state index is 11.6. The number of aliphatic hydroxyl groups is 1. The Morgan fingerprint density at radius 3 is 2.93 bits per heavy atom. The SMILES string of the molecule is C[C@H](CO)NC(=O)c1cc(N)ccc1Cl. The molecule has 0 saturated heterocycles. The van der Waals surface area contributed by atoms with E-state index in [1.165, 1.54) is 6.07 Å². The van der Waals surface area contributed by atoms with Crippen LogP contribution in [0.1, 0.15) is 17.3 Å². The Labute approximate surface area is 93.0 Å². The number of hydrogen-bond acceptors (Lipinski definition) is 3. The zero-order valence-corrected chi connectivity index (χ0v) is 9.08. The normalized spacial score (nSPS) is 12.2. The number of carbonyl (C=O) groups is 1. The van der Waals surface area contributed by atoms with E-state index in [4.69, 9.17) is 22.4 Å². The predicted molar refractivity (Wildman–Crippen MR) is 59.9 cm³/mol. The Bertz CT molecular complexity index is 368. The topological polar surface area (TPSA) is 75.3 Å². The number of benzene rings is 1. The molecule has 0 unspecified atom stereocenters. The Hall–Kier alpha value is -1.26. The fourth-order valence-electron chi connectivity index (χ4n) is 1.06. The molecule has 15 heavy (non-hydrogen) atoms. The van der Waals surface area contributed by atoms with Gasteiger partial charge >= 0.3 is 0 Å². The van der Waals surface area contributed by atoms with Crippen LogP contribution in [0.4, 0.5) is 5.69 Å². The number of nitrogen functional groups attached to an aromatic ring is 1. The Morgan fingerprint density at radius 1 is 1.67 bits per heavy atom. The summed E-state index contributed by atoms with van der Waals surface area (Å²) in [6.07, 6.45) is 0. The van der Waals surface area contributed by atoms with Crippen LogP contribution in [-0.4, -0.2) is 23.7 Å². The number of halogens is 1. The van der Waals surface area contributed by atoms with Crippen LogP contribution in [0.3, 0.4) is 0 Å². The van der Waals surface area contributed by atoms with E-state index in [0.29, 0.717) is 16.3 Å². The number of nitrogens with two attached hydrogens (primary N) is 1. The number of carbonyl (C=O) groups excluding carboxylic acids is 1. The molecule has 5 heteroatoms. The van der Waals surface area contributed by atoms with Gasteiger partial charge in [0.05, 0.1) is 17.2 Å². The third-order valence-corrected chi connectivity index (χ3v) is 2.22. The summed E-state index contributed by atoms with van der Waals surface area (Å²) in [5.74, 6) is -0.339. The molecule has 0 aliphatic carbocycles. The molecule has 0 spiro atoms. The van der Waals surface area contributed by atoms with E-state index >= 15 is 0 Å². The lowest BCUT2D eigenvalue weighted by atomic mass is 10.2. The van der Waals surface area contributed by atoms with Crippen molar-refractivity contribution in [3.63, 3.8) is 0 Å². The van der Waals surface area contributed by atoms with E-state index < -0.39 is 0 Å². The molecular formula is C10H13ClN2O2. The molecule has 0 saturated carbocycles. The second-order valence-corrected chi connectivity index (χ2v) is 3.70. The predicted octanol–water partition coefficient (Wildman–Crippen LogP) is 1.03. The van der Waals surface area contributed by atoms with Crippen molar-refractivity contribution < 1.29 is 9.90 Å². The average Bonchev–Trinajstić information content (AvgIpc) is 2.21. The highest BCUT2D eigenvalue weighted by Crippen LogP contribution is 2.18. The highest BCUT2D eigenvalue weighted by Gasteiger charge is 2.12. The lowest BCUT2D eigenvalue weighted by molar-refractivity contribution is 0.0922. The van der Waals surface area contributed by atoms with Gasteiger partial charge in [0.1, 0.15) is 0 Å². The summed E-state index contributed by atoms with van der Waals surface area (Å²) in [6, 6.07) is 4.38. The highest BCUT2D eigenvalue weighted by molar-refractivity contribution is 6.34. The summed E-state index contributed by atoms with van der Waals surface area (Å²) in [6.45, 7) is 1.57. The van der Waals surface area contributed by atoms with Gasteiger partial charge in [-0.1, -0.05) is 11.6 Å². The van der Waals surface area contributed by atoms with Crippen LogP contribution in [-0.2, 0) is 0 Å². The summed E-state index contributed by atoms with van der Waals surface area (Å²) in [4.78, 5) is 11.6. The Kier molecular flexibility index (Phi) is 3.94. The first kappa shape index (κ1) is 11.8. The van der Waals surface area contributed by atoms with Gasteiger partial charge in [-0.15, -0.1) is 0 Å². The second kappa shape index (κ2) is 5.00. The number of aliphatic hydroxyl groups excluding tert-OH is 1. The molecule has 4 N–H and O–H groups in total. The van der Waals surface area contributed by atoms with E-state index in [-0.39, 0.29) is 18.6 Å². The lowest BCUT2D eigenvalue weighted by Gasteiger charge is -2.11. The molecule has 0 radical (unpaired) electrons. The quantitative estimate of drug-likeness (QED) is 0.677. The van der Waals surface area contributed by atoms with Crippen molar-refractivity contribution in [2.24, 2.45) is 0 Å². The summed E-state index contributed by atoms with van der Waals surface area (Å²) < 4.78 is 0. The van der Waals surface area contributed by atoms with Gasteiger partial charge in [-0.05, 0) is 25.1 Å². The van der Waals surface area contributed by atoms with Crippen molar-refractivity contribution in [3.05, 3.63) is 28.8 Å². The Balaban J connectivity index is 2.86. The summed E-state index contributed by atoms with van der Waals surface area (Å²) in [5.41, 5.74) is 6.33. The first-order valence-electron chi connectivity index (χ1n) is 4.51.